The second-order valence-electron chi connectivity index (χ2n) is 11.4. The number of halogens is 1. The molecule has 7 rings (SSSR count). The van der Waals surface area contributed by atoms with Crippen molar-refractivity contribution in [3.63, 3.8) is 0 Å². The molecule has 0 aliphatic heterocycles. The van der Waals surface area contributed by atoms with E-state index in [1.54, 1.807) is 11.0 Å². The van der Waals surface area contributed by atoms with Gasteiger partial charge in [0.15, 0.2) is 5.13 Å². The van der Waals surface area contributed by atoms with Crippen molar-refractivity contribution in [2.45, 2.75) is 44.2 Å². The van der Waals surface area contributed by atoms with Crippen LogP contribution in [0.2, 0.25) is 0 Å². The summed E-state index contributed by atoms with van der Waals surface area (Å²) in [7, 11) is 0. The summed E-state index contributed by atoms with van der Waals surface area (Å²) in [5.41, 5.74) is 3.93. The molecule has 220 valence electrons. The topological polar surface area (TPSA) is 51.0 Å². The monoisotopic (exact) mass is 600 g/mol. The van der Waals surface area contributed by atoms with Crippen LogP contribution in [-0.4, -0.2) is 20.4 Å². The van der Waals surface area contributed by atoms with E-state index in [1.165, 1.54) is 23.5 Å². The number of nitrogens with zero attached hydrogens (tertiary/aromatic N) is 4. The van der Waals surface area contributed by atoms with Crippen molar-refractivity contribution < 1.29 is 9.18 Å². The highest BCUT2D eigenvalue weighted by atomic mass is 32.1. The smallest absolute Gasteiger partial charge is 0.232 e. The molecule has 2 heterocycles. The Bertz CT molecular complexity index is 1770. The minimum Gasteiger partial charge on any atom is -0.319 e. The van der Waals surface area contributed by atoms with Gasteiger partial charge in [0.2, 0.25) is 5.91 Å². The maximum absolute atomic E-state index is 14.1. The van der Waals surface area contributed by atoms with Crippen LogP contribution >= 0.6 is 11.3 Å². The summed E-state index contributed by atoms with van der Waals surface area (Å²) >= 11 is 1.42. The Labute approximate surface area is 260 Å². The zero-order valence-corrected chi connectivity index (χ0v) is 25.2. The number of benzene rings is 4. The number of anilines is 1. The fourth-order valence-corrected chi connectivity index (χ4v) is 7.54. The molecule has 1 amide bonds. The summed E-state index contributed by atoms with van der Waals surface area (Å²) in [5, 5.41) is 0.580. The third-order valence-corrected chi connectivity index (χ3v) is 9.77. The number of hydrogen-bond donors (Lipinski definition) is 0. The second-order valence-corrected chi connectivity index (χ2v) is 12.5. The Hall–Kier alpha value is -4.62. The summed E-state index contributed by atoms with van der Waals surface area (Å²) in [4.78, 5) is 25.5. The fraction of sp³-hybridized carbons (Fsp3) is 0.216. The lowest BCUT2D eigenvalue weighted by molar-refractivity contribution is -0.123. The van der Waals surface area contributed by atoms with Gasteiger partial charge in [0.25, 0.3) is 0 Å². The predicted molar refractivity (Wildman–Crippen MR) is 174 cm³/mol. The van der Waals surface area contributed by atoms with Crippen LogP contribution in [0, 0.1) is 11.7 Å². The minimum absolute atomic E-state index is 0.0494. The molecule has 0 bridgehead atoms. The van der Waals surface area contributed by atoms with Crippen LogP contribution in [0.5, 0.6) is 0 Å². The van der Waals surface area contributed by atoms with Crippen LogP contribution < -0.4 is 4.90 Å². The van der Waals surface area contributed by atoms with E-state index in [0.717, 1.165) is 59.2 Å². The van der Waals surface area contributed by atoms with Crippen molar-refractivity contribution in [1.82, 2.24) is 14.5 Å². The van der Waals surface area contributed by atoms with Crippen molar-refractivity contribution in [2.75, 3.05) is 4.90 Å². The predicted octanol–water partition coefficient (Wildman–Crippen LogP) is 8.59. The molecule has 0 unspecified atom stereocenters. The molecule has 44 heavy (non-hydrogen) atoms. The third kappa shape index (κ3) is 5.22. The van der Waals surface area contributed by atoms with Crippen LogP contribution in [0.4, 0.5) is 9.52 Å². The number of fused-ring (bicyclic) bond motifs is 1. The highest BCUT2D eigenvalue weighted by Gasteiger charge is 2.39. The average Bonchev–Trinajstić information content (AvgIpc) is 3.73. The van der Waals surface area contributed by atoms with Crippen LogP contribution in [-0.2, 0) is 16.9 Å². The van der Waals surface area contributed by atoms with Crippen LogP contribution in [0.1, 0.15) is 54.5 Å². The van der Waals surface area contributed by atoms with E-state index in [1.807, 2.05) is 24.5 Å². The average molecular weight is 601 g/mol. The normalized spacial score (nSPS) is 14.1. The molecule has 0 N–H and O–H groups in total. The van der Waals surface area contributed by atoms with Crippen LogP contribution in [0.15, 0.2) is 122 Å². The Morgan fingerprint density at radius 3 is 2.02 bits per heavy atom. The molecular weight excluding hydrogens is 567 g/mol. The fourth-order valence-electron chi connectivity index (χ4n) is 6.59. The van der Waals surface area contributed by atoms with Crippen molar-refractivity contribution in [2.24, 2.45) is 5.92 Å². The molecule has 5 nitrogen and oxygen atoms in total. The van der Waals surface area contributed by atoms with Gasteiger partial charge in [0.1, 0.15) is 11.4 Å². The van der Waals surface area contributed by atoms with Gasteiger partial charge in [0, 0.05) is 18.2 Å². The van der Waals surface area contributed by atoms with E-state index in [9.17, 15) is 9.18 Å². The number of amides is 1. The maximum Gasteiger partial charge on any atom is 0.232 e. The van der Waals surface area contributed by atoms with Gasteiger partial charge in [-0.25, -0.2) is 14.4 Å². The molecule has 6 aromatic rings. The number of carbonyl (C=O) groups is 1. The number of carbonyl (C=O) groups excluding carboxylic acids is 1. The number of aromatic nitrogens is 3. The zero-order valence-electron chi connectivity index (χ0n) is 24.4. The quantitative estimate of drug-likeness (QED) is 0.164. The van der Waals surface area contributed by atoms with Crippen molar-refractivity contribution in [3.8, 4) is 0 Å². The summed E-state index contributed by atoms with van der Waals surface area (Å²) in [6, 6.07) is 36.0. The lowest BCUT2D eigenvalue weighted by Gasteiger charge is -2.37. The van der Waals surface area contributed by atoms with Gasteiger partial charge in [-0.2, -0.15) is 0 Å². The molecule has 4 aromatic carbocycles. The molecule has 1 fully saturated rings. The Morgan fingerprint density at radius 1 is 0.841 bits per heavy atom. The van der Waals surface area contributed by atoms with Gasteiger partial charge >= 0.3 is 0 Å². The van der Waals surface area contributed by atoms with Crippen LogP contribution in [0.25, 0.3) is 10.2 Å². The van der Waals surface area contributed by atoms with Gasteiger partial charge in [-0.15, -0.1) is 0 Å². The first-order valence-electron chi connectivity index (χ1n) is 15.2. The Morgan fingerprint density at radius 2 is 1.43 bits per heavy atom. The van der Waals surface area contributed by atoms with E-state index in [0.29, 0.717) is 10.6 Å². The first-order valence-corrected chi connectivity index (χ1v) is 16.0. The molecule has 0 atom stereocenters. The number of imidazole rings is 1. The van der Waals surface area contributed by atoms with Gasteiger partial charge in [0.05, 0.1) is 28.8 Å². The highest BCUT2D eigenvalue weighted by molar-refractivity contribution is 7.22. The van der Waals surface area contributed by atoms with Crippen molar-refractivity contribution in [1.29, 1.82) is 0 Å². The number of thiazole rings is 1. The first-order chi connectivity index (χ1) is 21.6. The SMILES string of the molecule is O=C(C1CCCCC1)N(Cc1cn(C(c2ccccc2)(c2ccccc2)c2ccccc2)cn1)c1nc2cc(F)ccc2s1. The molecule has 0 spiro atoms. The summed E-state index contributed by atoms with van der Waals surface area (Å²) in [6.07, 6.45) is 8.95. The Kier molecular flexibility index (Phi) is 7.79. The lowest BCUT2D eigenvalue weighted by Crippen LogP contribution is -2.37. The number of hydrogen-bond acceptors (Lipinski definition) is 4. The summed E-state index contributed by atoms with van der Waals surface area (Å²) < 4.78 is 17.1. The minimum atomic E-state index is -0.694. The molecule has 2 aromatic heterocycles. The van der Waals surface area contributed by atoms with Crippen molar-refractivity contribution in [3.05, 3.63) is 150 Å². The van der Waals surface area contributed by atoms with E-state index >= 15 is 0 Å². The van der Waals surface area contributed by atoms with E-state index in [-0.39, 0.29) is 24.2 Å². The molecule has 0 radical (unpaired) electrons. The van der Waals surface area contributed by atoms with Gasteiger partial charge in [-0.05, 0) is 41.7 Å². The van der Waals surface area contributed by atoms with Gasteiger partial charge in [-0.1, -0.05) is 122 Å². The largest absolute Gasteiger partial charge is 0.319 e. The number of rotatable bonds is 8. The van der Waals surface area contributed by atoms with E-state index in [4.69, 9.17) is 9.97 Å². The molecular formula is C37H33FN4OS. The van der Waals surface area contributed by atoms with E-state index < -0.39 is 5.54 Å². The summed E-state index contributed by atoms with van der Waals surface area (Å²) in [6.45, 7) is 0.277. The molecule has 1 aliphatic carbocycles. The molecule has 7 heteroatoms. The Balaban J connectivity index is 1.34. The highest BCUT2D eigenvalue weighted by Crippen LogP contribution is 2.41. The molecule has 1 aliphatic rings. The maximum atomic E-state index is 14.1. The standard InChI is InChI=1S/C37H33FN4OS/c38-31-21-22-34-33(23-31)40-36(44-34)42(35(43)27-13-5-1-6-14-27)25-32-24-41(26-39-32)37(28-15-7-2-8-16-28,29-17-9-3-10-18-29)30-19-11-4-12-20-30/h2-4,7-12,15-24,26-27H,1,5-6,13-14,25H2. The lowest BCUT2D eigenvalue weighted by atomic mass is 9.77. The van der Waals surface area contributed by atoms with Crippen LogP contribution in [0.3, 0.4) is 0 Å². The third-order valence-electron chi connectivity index (χ3n) is 8.71. The molecule has 1 saturated carbocycles. The summed E-state index contributed by atoms with van der Waals surface area (Å²) in [5.74, 6) is -0.317. The van der Waals surface area contributed by atoms with Gasteiger partial charge in [-0.3, -0.25) is 9.69 Å². The zero-order chi connectivity index (χ0) is 29.9. The van der Waals surface area contributed by atoms with E-state index in [2.05, 4.69) is 83.6 Å². The molecule has 0 saturated heterocycles. The first kappa shape index (κ1) is 28.2. The van der Waals surface area contributed by atoms with Gasteiger partial charge < -0.3 is 4.57 Å². The second kappa shape index (κ2) is 12.2. The van der Waals surface area contributed by atoms with Crippen molar-refractivity contribution >= 4 is 32.6 Å².